The van der Waals surface area contributed by atoms with Crippen LogP contribution in [0.3, 0.4) is 0 Å². The lowest BCUT2D eigenvalue weighted by molar-refractivity contribution is -0.145. The number of unbranched alkanes of at least 4 members (excludes halogenated alkanes) is 2. The monoisotopic (exact) mass is 298 g/mol. The SMILES string of the molecule is CCCCC[C@@H](C)[C@@H](C[C@@H](O)CC1CC=CC(=O)O1)OC. The van der Waals surface area contributed by atoms with Crippen LogP contribution in [0.25, 0.3) is 0 Å². The molecule has 1 rings (SSSR count). The second-order valence-electron chi connectivity index (χ2n) is 6.07. The van der Waals surface area contributed by atoms with E-state index < -0.39 is 6.10 Å². The van der Waals surface area contributed by atoms with Gasteiger partial charge in [0.1, 0.15) is 6.10 Å². The Balaban J connectivity index is 2.34. The van der Waals surface area contributed by atoms with E-state index in [0.717, 1.165) is 6.42 Å². The predicted molar refractivity (Wildman–Crippen MR) is 83.0 cm³/mol. The van der Waals surface area contributed by atoms with Crippen molar-refractivity contribution >= 4 is 5.97 Å². The highest BCUT2D eigenvalue weighted by molar-refractivity contribution is 5.82. The second-order valence-corrected chi connectivity index (χ2v) is 6.07. The van der Waals surface area contributed by atoms with Crippen molar-refractivity contribution in [2.75, 3.05) is 7.11 Å². The summed E-state index contributed by atoms with van der Waals surface area (Å²) in [6.07, 6.45) is 9.18. The molecule has 4 atom stereocenters. The molecule has 1 unspecified atom stereocenters. The summed E-state index contributed by atoms with van der Waals surface area (Å²) >= 11 is 0. The first kappa shape index (κ1) is 18.2. The number of hydrogen-bond donors (Lipinski definition) is 1. The number of methoxy groups -OCH3 is 1. The Hall–Kier alpha value is -0.870. The van der Waals surface area contributed by atoms with Gasteiger partial charge in [-0.1, -0.05) is 39.2 Å². The number of carbonyl (C=O) groups is 1. The lowest BCUT2D eigenvalue weighted by Gasteiger charge is -2.27. The average molecular weight is 298 g/mol. The molecule has 0 aromatic rings. The van der Waals surface area contributed by atoms with E-state index in [-0.39, 0.29) is 18.2 Å². The summed E-state index contributed by atoms with van der Waals surface area (Å²) < 4.78 is 10.7. The number of rotatable bonds is 10. The third kappa shape index (κ3) is 7.09. The number of hydrogen-bond acceptors (Lipinski definition) is 4. The van der Waals surface area contributed by atoms with E-state index in [1.54, 1.807) is 7.11 Å². The maximum absolute atomic E-state index is 11.2. The Morgan fingerprint density at radius 2 is 2.24 bits per heavy atom. The maximum Gasteiger partial charge on any atom is 0.330 e. The van der Waals surface area contributed by atoms with Crippen LogP contribution in [0, 0.1) is 5.92 Å². The van der Waals surface area contributed by atoms with Gasteiger partial charge in [-0.3, -0.25) is 0 Å². The normalized spacial score (nSPS) is 22.7. The molecular formula is C17H30O4. The van der Waals surface area contributed by atoms with E-state index in [1.807, 2.05) is 6.08 Å². The van der Waals surface area contributed by atoms with Gasteiger partial charge in [-0.25, -0.2) is 4.79 Å². The Bertz CT molecular complexity index is 327. The van der Waals surface area contributed by atoms with Gasteiger partial charge in [0.15, 0.2) is 0 Å². The quantitative estimate of drug-likeness (QED) is 0.497. The van der Waals surface area contributed by atoms with Gasteiger partial charge in [0.25, 0.3) is 0 Å². The lowest BCUT2D eigenvalue weighted by atomic mass is 9.91. The highest BCUT2D eigenvalue weighted by atomic mass is 16.5. The molecule has 1 aliphatic heterocycles. The standard InChI is InChI=1S/C17H30O4/c1-4-5-6-8-13(2)16(20-3)12-14(18)11-15-9-7-10-17(19)21-15/h7,10,13-16,18H,4-6,8-9,11-12H2,1-3H3/t13-,14+,15?,16-/m1/s1. The smallest absolute Gasteiger partial charge is 0.330 e. The Kier molecular flexibility index (Phi) is 8.62. The zero-order valence-electron chi connectivity index (χ0n) is 13.6. The second kappa shape index (κ2) is 9.96. The summed E-state index contributed by atoms with van der Waals surface area (Å²) in [7, 11) is 1.71. The molecule has 0 aliphatic carbocycles. The molecule has 0 bridgehead atoms. The summed E-state index contributed by atoms with van der Waals surface area (Å²) in [6.45, 7) is 4.38. The molecule has 0 amide bonds. The lowest BCUT2D eigenvalue weighted by Crippen LogP contribution is -2.30. The van der Waals surface area contributed by atoms with Crippen LogP contribution < -0.4 is 0 Å². The van der Waals surface area contributed by atoms with Gasteiger partial charge in [0, 0.05) is 26.0 Å². The van der Waals surface area contributed by atoms with Crippen LogP contribution in [0.15, 0.2) is 12.2 Å². The number of aliphatic hydroxyl groups is 1. The third-order valence-corrected chi connectivity index (χ3v) is 4.18. The van der Waals surface area contributed by atoms with E-state index >= 15 is 0 Å². The molecule has 0 saturated carbocycles. The molecule has 0 aromatic heterocycles. The molecule has 1 aliphatic rings. The first-order valence-corrected chi connectivity index (χ1v) is 8.14. The minimum atomic E-state index is -0.493. The molecule has 1 N–H and O–H groups in total. The molecule has 0 fully saturated rings. The summed E-state index contributed by atoms with van der Waals surface area (Å²) in [4.78, 5) is 11.2. The number of ether oxygens (including phenoxy) is 2. The van der Waals surface area contributed by atoms with Crippen molar-refractivity contribution in [3.63, 3.8) is 0 Å². The van der Waals surface area contributed by atoms with Crippen molar-refractivity contribution in [2.45, 2.75) is 77.1 Å². The van der Waals surface area contributed by atoms with Gasteiger partial charge in [0.2, 0.25) is 0 Å². The number of aliphatic hydroxyl groups excluding tert-OH is 1. The molecule has 0 radical (unpaired) electrons. The van der Waals surface area contributed by atoms with Gasteiger partial charge in [-0.05, 0) is 18.8 Å². The van der Waals surface area contributed by atoms with Crippen molar-refractivity contribution in [1.82, 2.24) is 0 Å². The highest BCUT2D eigenvalue weighted by Gasteiger charge is 2.24. The van der Waals surface area contributed by atoms with E-state index in [9.17, 15) is 9.90 Å². The fraction of sp³-hybridized carbons (Fsp3) is 0.824. The first-order chi connectivity index (χ1) is 10.1. The summed E-state index contributed by atoms with van der Waals surface area (Å²) in [5.41, 5.74) is 0. The summed E-state index contributed by atoms with van der Waals surface area (Å²) in [5.74, 6) is 0.125. The number of cyclic esters (lactones) is 1. The van der Waals surface area contributed by atoms with Gasteiger partial charge >= 0.3 is 5.97 Å². The van der Waals surface area contributed by atoms with Gasteiger partial charge in [-0.15, -0.1) is 0 Å². The predicted octanol–water partition coefficient (Wildman–Crippen LogP) is 3.23. The van der Waals surface area contributed by atoms with E-state index in [4.69, 9.17) is 9.47 Å². The van der Waals surface area contributed by atoms with Crippen LogP contribution in [-0.2, 0) is 14.3 Å². The van der Waals surface area contributed by atoms with Crippen LogP contribution >= 0.6 is 0 Å². The average Bonchev–Trinajstić information content (AvgIpc) is 2.44. The Labute approximate surface area is 128 Å². The van der Waals surface area contributed by atoms with E-state index in [1.165, 1.54) is 25.3 Å². The number of carbonyl (C=O) groups excluding carboxylic acids is 1. The van der Waals surface area contributed by atoms with Crippen LogP contribution in [0.1, 0.15) is 58.8 Å². The molecule has 4 nitrogen and oxygen atoms in total. The third-order valence-electron chi connectivity index (χ3n) is 4.18. The van der Waals surface area contributed by atoms with Gasteiger partial charge in [-0.2, -0.15) is 0 Å². The van der Waals surface area contributed by atoms with Crippen molar-refractivity contribution < 1.29 is 19.4 Å². The van der Waals surface area contributed by atoms with Gasteiger partial charge < -0.3 is 14.6 Å². The molecule has 122 valence electrons. The molecular weight excluding hydrogens is 268 g/mol. The molecule has 21 heavy (non-hydrogen) atoms. The summed E-state index contributed by atoms with van der Waals surface area (Å²) in [5, 5.41) is 10.2. The molecule has 0 aromatic carbocycles. The molecule has 0 spiro atoms. The fourth-order valence-corrected chi connectivity index (χ4v) is 2.84. The Morgan fingerprint density at radius 1 is 1.48 bits per heavy atom. The maximum atomic E-state index is 11.2. The number of esters is 1. The van der Waals surface area contributed by atoms with E-state index in [0.29, 0.717) is 25.2 Å². The van der Waals surface area contributed by atoms with Crippen LogP contribution in [0.5, 0.6) is 0 Å². The topological polar surface area (TPSA) is 55.8 Å². The van der Waals surface area contributed by atoms with E-state index in [2.05, 4.69) is 13.8 Å². The highest BCUT2D eigenvalue weighted by Crippen LogP contribution is 2.22. The first-order valence-electron chi connectivity index (χ1n) is 8.14. The summed E-state index contributed by atoms with van der Waals surface area (Å²) in [6, 6.07) is 0. The van der Waals surface area contributed by atoms with Crippen LogP contribution in [0.2, 0.25) is 0 Å². The van der Waals surface area contributed by atoms with Gasteiger partial charge in [0.05, 0.1) is 12.2 Å². The zero-order chi connectivity index (χ0) is 15.7. The largest absolute Gasteiger partial charge is 0.459 e. The molecule has 4 heteroatoms. The Morgan fingerprint density at radius 3 is 2.86 bits per heavy atom. The van der Waals surface area contributed by atoms with Crippen molar-refractivity contribution in [3.8, 4) is 0 Å². The van der Waals surface area contributed by atoms with Crippen LogP contribution in [0.4, 0.5) is 0 Å². The minimum absolute atomic E-state index is 0.0618. The van der Waals surface area contributed by atoms with Crippen LogP contribution in [-0.4, -0.2) is 36.5 Å². The van der Waals surface area contributed by atoms with Crippen molar-refractivity contribution in [3.05, 3.63) is 12.2 Å². The molecule has 0 saturated heterocycles. The fourth-order valence-electron chi connectivity index (χ4n) is 2.84. The van der Waals surface area contributed by atoms with Crippen molar-refractivity contribution in [2.24, 2.45) is 5.92 Å². The van der Waals surface area contributed by atoms with Crippen molar-refractivity contribution in [1.29, 1.82) is 0 Å². The minimum Gasteiger partial charge on any atom is -0.459 e. The molecule has 1 heterocycles. The zero-order valence-corrected chi connectivity index (χ0v) is 13.6.